The predicted octanol–water partition coefficient (Wildman–Crippen LogP) is 2.10. The first-order valence-electron chi connectivity index (χ1n) is 6.86. The smallest absolute Gasteiger partial charge is 0.307 e. The molecule has 2 aliphatic rings. The summed E-state index contributed by atoms with van der Waals surface area (Å²) < 4.78 is 0. The summed E-state index contributed by atoms with van der Waals surface area (Å²) in [6.45, 7) is 0. The predicted molar refractivity (Wildman–Crippen MR) is 68.0 cm³/mol. The lowest BCUT2D eigenvalue weighted by molar-refractivity contribution is -0.147. The average molecular weight is 251 g/mol. The Morgan fingerprint density at radius 1 is 1.00 bits per heavy atom. The van der Waals surface area contributed by atoms with Crippen LogP contribution in [-0.4, -0.2) is 23.0 Å². The Balaban J connectivity index is 1.93. The number of carboxylic acids is 1. The molecule has 2 aliphatic carbocycles. The minimum atomic E-state index is -0.858. The lowest BCUT2D eigenvalue weighted by Gasteiger charge is -2.28. The number of carbonyl (C=O) groups excluding carboxylic acids is 1. The Bertz CT molecular complexity index is 345. The van der Waals surface area contributed by atoms with Crippen molar-refractivity contribution in [2.45, 2.75) is 51.0 Å². The van der Waals surface area contributed by atoms with Crippen molar-refractivity contribution in [3.8, 4) is 0 Å². The molecule has 1 amide bonds. The van der Waals surface area contributed by atoms with Crippen LogP contribution in [0, 0.1) is 11.8 Å². The van der Waals surface area contributed by atoms with Gasteiger partial charge in [0.2, 0.25) is 5.91 Å². The summed E-state index contributed by atoms with van der Waals surface area (Å²) in [4.78, 5) is 23.3. The van der Waals surface area contributed by atoms with Crippen molar-refractivity contribution >= 4 is 11.9 Å². The number of aliphatic carboxylic acids is 1. The normalized spacial score (nSPS) is 28.9. The zero-order valence-corrected chi connectivity index (χ0v) is 10.6. The highest BCUT2D eigenvalue weighted by Crippen LogP contribution is 2.27. The van der Waals surface area contributed by atoms with Gasteiger partial charge in [-0.3, -0.25) is 9.59 Å². The third-order valence-corrected chi connectivity index (χ3v) is 4.04. The minimum Gasteiger partial charge on any atom is -0.481 e. The Hall–Kier alpha value is -1.32. The second-order valence-electron chi connectivity index (χ2n) is 5.34. The van der Waals surface area contributed by atoms with Crippen LogP contribution in [0.25, 0.3) is 0 Å². The molecule has 0 aromatic heterocycles. The lowest BCUT2D eigenvalue weighted by atomic mass is 9.82. The molecule has 4 nitrogen and oxygen atoms in total. The molecule has 4 heteroatoms. The Morgan fingerprint density at radius 3 is 2.22 bits per heavy atom. The van der Waals surface area contributed by atoms with Crippen LogP contribution >= 0.6 is 0 Å². The van der Waals surface area contributed by atoms with E-state index in [1.165, 1.54) is 6.42 Å². The largest absolute Gasteiger partial charge is 0.481 e. The van der Waals surface area contributed by atoms with E-state index in [0.29, 0.717) is 12.8 Å². The molecule has 0 bridgehead atoms. The highest BCUT2D eigenvalue weighted by atomic mass is 16.4. The van der Waals surface area contributed by atoms with Gasteiger partial charge in [-0.2, -0.15) is 0 Å². The van der Waals surface area contributed by atoms with E-state index in [4.69, 9.17) is 5.11 Å². The van der Waals surface area contributed by atoms with E-state index < -0.39 is 17.8 Å². The van der Waals surface area contributed by atoms with Crippen LogP contribution in [0.2, 0.25) is 0 Å². The van der Waals surface area contributed by atoms with Gasteiger partial charge in [0.15, 0.2) is 0 Å². The van der Waals surface area contributed by atoms with Gasteiger partial charge in [-0.15, -0.1) is 0 Å². The van der Waals surface area contributed by atoms with Gasteiger partial charge in [0, 0.05) is 6.04 Å². The fraction of sp³-hybridized carbons (Fsp3) is 0.714. The van der Waals surface area contributed by atoms with Crippen LogP contribution in [-0.2, 0) is 9.59 Å². The summed E-state index contributed by atoms with van der Waals surface area (Å²) in [5.41, 5.74) is 0. The second kappa shape index (κ2) is 6.03. The van der Waals surface area contributed by atoms with E-state index in [9.17, 15) is 9.59 Å². The molecule has 1 saturated carbocycles. The zero-order chi connectivity index (χ0) is 13.0. The van der Waals surface area contributed by atoms with Crippen molar-refractivity contribution in [3.63, 3.8) is 0 Å². The molecule has 0 heterocycles. The molecular formula is C14H21NO3. The Labute approximate surface area is 107 Å². The van der Waals surface area contributed by atoms with E-state index in [1.807, 2.05) is 12.2 Å². The van der Waals surface area contributed by atoms with E-state index in [2.05, 4.69) is 5.32 Å². The van der Waals surface area contributed by atoms with Gasteiger partial charge in [-0.1, -0.05) is 31.4 Å². The number of hydrogen-bond donors (Lipinski definition) is 2. The first-order valence-corrected chi connectivity index (χ1v) is 6.86. The molecule has 2 rings (SSSR count). The fourth-order valence-electron chi connectivity index (χ4n) is 2.93. The topological polar surface area (TPSA) is 66.4 Å². The van der Waals surface area contributed by atoms with Gasteiger partial charge in [-0.05, 0) is 25.7 Å². The van der Waals surface area contributed by atoms with Crippen molar-refractivity contribution in [2.75, 3.05) is 0 Å². The Kier molecular flexibility index (Phi) is 4.39. The molecular weight excluding hydrogens is 230 g/mol. The van der Waals surface area contributed by atoms with Gasteiger partial charge in [0.1, 0.15) is 0 Å². The van der Waals surface area contributed by atoms with E-state index in [1.54, 1.807) is 0 Å². The van der Waals surface area contributed by atoms with Crippen molar-refractivity contribution in [2.24, 2.45) is 11.8 Å². The van der Waals surface area contributed by atoms with Gasteiger partial charge >= 0.3 is 5.97 Å². The third-order valence-electron chi connectivity index (χ3n) is 4.04. The van der Waals surface area contributed by atoms with Gasteiger partial charge in [0.25, 0.3) is 0 Å². The summed E-state index contributed by atoms with van der Waals surface area (Å²) in [6.07, 6.45) is 10.4. The van der Waals surface area contributed by atoms with Crippen molar-refractivity contribution < 1.29 is 14.7 Å². The maximum Gasteiger partial charge on any atom is 0.307 e. The maximum absolute atomic E-state index is 12.2. The highest BCUT2D eigenvalue weighted by Gasteiger charge is 2.34. The SMILES string of the molecule is O=C(O)[C@H]1CC=CC[C@H]1C(=O)NC1CCCCC1. The minimum absolute atomic E-state index is 0.0707. The molecule has 0 radical (unpaired) electrons. The molecule has 0 unspecified atom stereocenters. The van der Waals surface area contributed by atoms with E-state index in [-0.39, 0.29) is 11.9 Å². The molecule has 0 aromatic rings. The van der Waals surface area contributed by atoms with Crippen LogP contribution in [0.3, 0.4) is 0 Å². The van der Waals surface area contributed by atoms with Crippen LogP contribution in [0.1, 0.15) is 44.9 Å². The number of allylic oxidation sites excluding steroid dienone is 2. The van der Waals surface area contributed by atoms with Crippen LogP contribution in [0.15, 0.2) is 12.2 Å². The summed E-state index contributed by atoms with van der Waals surface area (Å²) in [5.74, 6) is -1.88. The van der Waals surface area contributed by atoms with Crippen molar-refractivity contribution in [3.05, 3.63) is 12.2 Å². The Morgan fingerprint density at radius 2 is 1.61 bits per heavy atom. The molecule has 0 spiro atoms. The molecule has 0 saturated heterocycles. The van der Waals surface area contributed by atoms with Crippen LogP contribution in [0.4, 0.5) is 0 Å². The third kappa shape index (κ3) is 3.12. The van der Waals surface area contributed by atoms with Gasteiger partial charge in [-0.25, -0.2) is 0 Å². The fourth-order valence-corrected chi connectivity index (χ4v) is 2.93. The first kappa shape index (κ1) is 13.1. The molecule has 100 valence electrons. The van der Waals surface area contributed by atoms with Gasteiger partial charge < -0.3 is 10.4 Å². The maximum atomic E-state index is 12.2. The number of carbonyl (C=O) groups is 2. The highest BCUT2D eigenvalue weighted by molar-refractivity contribution is 5.85. The summed E-state index contributed by atoms with van der Waals surface area (Å²) in [6, 6.07) is 0.256. The molecule has 0 aliphatic heterocycles. The average Bonchev–Trinajstić information content (AvgIpc) is 2.40. The lowest BCUT2D eigenvalue weighted by Crippen LogP contribution is -2.44. The summed E-state index contributed by atoms with van der Waals surface area (Å²) in [5, 5.41) is 12.2. The van der Waals surface area contributed by atoms with Crippen LogP contribution in [0.5, 0.6) is 0 Å². The molecule has 2 atom stereocenters. The van der Waals surface area contributed by atoms with Crippen molar-refractivity contribution in [1.29, 1.82) is 0 Å². The summed E-state index contributed by atoms with van der Waals surface area (Å²) in [7, 11) is 0. The first-order chi connectivity index (χ1) is 8.68. The number of amides is 1. The zero-order valence-electron chi connectivity index (χ0n) is 10.6. The summed E-state index contributed by atoms with van der Waals surface area (Å²) >= 11 is 0. The number of rotatable bonds is 3. The molecule has 1 fully saturated rings. The molecule has 0 aromatic carbocycles. The van der Waals surface area contributed by atoms with Crippen LogP contribution < -0.4 is 5.32 Å². The quantitative estimate of drug-likeness (QED) is 0.755. The molecule has 18 heavy (non-hydrogen) atoms. The van der Waals surface area contributed by atoms with E-state index in [0.717, 1.165) is 25.7 Å². The number of nitrogens with one attached hydrogen (secondary N) is 1. The van der Waals surface area contributed by atoms with Crippen molar-refractivity contribution in [1.82, 2.24) is 5.32 Å². The second-order valence-corrected chi connectivity index (χ2v) is 5.34. The molecule has 2 N–H and O–H groups in total. The standard InChI is InChI=1S/C14H21NO3/c16-13(15-10-6-2-1-3-7-10)11-8-4-5-9-12(11)14(17)18/h4-5,10-12H,1-3,6-9H2,(H,15,16)(H,17,18)/t11-,12+/m1/s1. The van der Waals surface area contributed by atoms with E-state index >= 15 is 0 Å². The number of hydrogen-bond acceptors (Lipinski definition) is 2. The van der Waals surface area contributed by atoms with Gasteiger partial charge in [0.05, 0.1) is 11.8 Å². The monoisotopic (exact) mass is 251 g/mol. The number of carboxylic acid groups (broad SMARTS) is 1.